The monoisotopic (exact) mass is 586 g/mol. The van der Waals surface area contributed by atoms with E-state index >= 15 is 0 Å². The lowest BCUT2D eigenvalue weighted by molar-refractivity contribution is -0.202. The maximum Gasteiger partial charge on any atom is 0.386 e. The Balaban J connectivity index is 1.36. The highest BCUT2D eigenvalue weighted by molar-refractivity contribution is 9.12. The molecule has 1 aromatic carbocycles. The van der Waals surface area contributed by atoms with Gasteiger partial charge in [-0.3, -0.25) is 4.89 Å². The van der Waals surface area contributed by atoms with E-state index < -0.39 is 5.97 Å². The van der Waals surface area contributed by atoms with Gasteiger partial charge in [-0.1, -0.05) is 77.7 Å². The summed E-state index contributed by atoms with van der Waals surface area (Å²) < 4.78 is 6.59. The van der Waals surface area contributed by atoms with Crippen molar-refractivity contribution in [3.63, 3.8) is 0 Å². The maximum atomic E-state index is 12.5. The Kier molecular flexibility index (Phi) is 14.1. The van der Waals surface area contributed by atoms with E-state index in [1.165, 1.54) is 89.0 Å². The van der Waals surface area contributed by atoms with Crippen LogP contribution in [0.15, 0.2) is 58.3 Å². The molecule has 0 bridgehead atoms. The fourth-order valence-corrected chi connectivity index (χ4v) is 5.83. The third kappa shape index (κ3) is 11.0. The quantitative estimate of drug-likeness (QED) is 0.110. The third-order valence-electron chi connectivity index (χ3n) is 7.69. The Morgan fingerprint density at radius 1 is 0.921 bits per heavy atom. The van der Waals surface area contributed by atoms with Gasteiger partial charge < -0.3 is 4.74 Å². The first-order chi connectivity index (χ1) is 18.6. The molecule has 1 fully saturated rings. The second-order valence-corrected chi connectivity index (χ2v) is 11.7. The van der Waals surface area contributed by atoms with Crippen molar-refractivity contribution in [3.05, 3.63) is 63.9 Å². The van der Waals surface area contributed by atoms with Crippen LogP contribution in [0.2, 0.25) is 0 Å². The van der Waals surface area contributed by atoms with Crippen LogP contribution < -0.4 is 4.74 Å². The topological polar surface area (TPSA) is 44.8 Å². The molecule has 4 nitrogen and oxygen atoms in total. The number of carbonyl (C=O) groups is 1. The Morgan fingerprint density at radius 3 is 2.32 bits per heavy atom. The van der Waals surface area contributed by atoms with Gasteiger partial charge >= 0.3 is 5.97 Å². The molecule has 38 heavy (non-hydrogen) atoms. The number of hydrogen-bond donors (Lipinski definition) is 0. The molecule has 5 heteroatoms. The first-order valence-electron chi connectivity index (χ1n) is 15.0. The molecule has 0 saturated heterocycles. The second-order valence-electron chi connectivity index (χ2n) is 10.9. The lowest BCUT2D eigenvalue weighted by Gasteiger charge is -2.27. The normalized spacial score (nSPS) is 20.6. The molecule has 1 saturated carbocycles. The lowest BCUT2D eigenvalue weighted by Crippen LogP contribution is -2.13. The van der Waals surface area contributed by atoms with Crippen molar-refractivity contribution in [1.29, 1.82) is 0 Å². The zero-order chi connectivity index (χ0) is 27.0. The van der Waals surface area contributed by atoms with Crippen LogP contribution in [-0.4, -0.2) is 12.6 Å². The van der Waals surface area contributed by atoms with Crippen LogP contribution in [0.3, 0.4) is 0 Å². The summed E-state index contributed by atoms with van der Waals surface area (Å²) in [5.41, 5.74) is 1.72. The molecule has 0 N–H and O–H groups in total. The summed E-state index contributed by atoms with van der Waals surface area (Å²) in [6.07, 6.45) is 25.4. The molecule has 0 radical (unpaired) electrons. The molecule has 210 valence electrons. The summed E-state index contributed by atoms with van der Waals surface area (Å²) in [6, 6.07) is 7.03. The number of benzene rings is 1. The van der Waals surface area contributed by atoms with E-state index in [1.807, 2.05) is 6.08 Å². The standard InChI is InChI=1S/C33H47BrO4/c1-3-5-7-8-9-11-23-36-30-20-18-29(19-21-30)33(35)38-37-32-22-17-28(25-31(32)34)24-27-15-13-26(14-16-27)12-10-6-4-2/h18-22,24-27H,3-17,23H2,1-2H3. The number of hydrogen-bond acceptors (Lipinski definition) is 4. The van der Waals surface area contributed by atoms with E-state index in [0.29, 0.717) is 23.8 Å². The SMILES string of the molecule is CCCCCCCCOc1ccc(C(=O)OOC2=CCC(=CC3CCC(CCCCC)CC3)C=C2Br)cc1. The van der Waals surface area contributed by atoms with E-state index in [4.69, 9.17) is 14.5 Å². The van der Waals surface area contributed by atoms with E-state index in [2.05, 4.69) is 41.9 Å². The van der Waals surface area contributed by atoms with Gasteiger partial charge in [0.2, 0.25) is 0 Å². The maximum absolute atomic E-state index is 12.5. The molecule has 2 aliphatic rings. The zero-order valence-corrected chi connectivity index (χ0v) is 25.1. The Labute approximate surface area is 239 Å². The summed E-state index contributed by atoms with van der Waals surface area (Å²) in [5, 5.41) is 0. The number of ether oxygens (including phenoxy) is 1. The average molecular weight is 588 g/mol. The number of allylic oxidation sites excluding steroid dienone is 5. The third-order valence-corrected chi connectivity index (χ3v) is 8.31. The van der Waals surface area contributed by atoms with Crippen molar-refractivity contribution in [2.75, 3.05) is 6.61 Å². The van der Waals surface area contributed by atoms with Crippen LogP contribution in [0.25, 0.3) is 0 Å². The lowest BCUT2D eigenvalue weighted by atomic mass is 9.79. The van der Waals surface area contributed by atoms with Crippen LogP contribution in [0.5, 0.6) is 5.75 Å². The average Bonchev–Trinajstić information content (AvgIpc) is 2.93. The predicted molar refractivity (Wildman–Crippen MR) is 159 cm³/mol. The van der Waals surface area contributed by atoms with Gasteiger partial charge in [0.15, 0.2) is 5.76 Å². The van der Waals surface area contributed by atoms with Crippen LogP contribution in [0, 0.1) is 11.8 Å². The van der Waals surface area contributed by atoms with Gasteiger partial charge in [0.25, 0.3) is 0 Å². The van der Waals surface area contributed by atoms with Gasteiger partial charge in [-0.15, -0.1) is 0 Å². The molecule has 0 heterocycles. The van der Waals surface area contributed by atoms with E-state index in [1.54, 1.807) is 24.3 Å². The number of halogens is 1. The van der Waals surface area contributed by atoms with Crippen molar-refractivity contribution in [2.45, 2.75) is 110 Å². The van der Waals surface area contributed by atoms with Gasteiger partial charge in [-0.2, -0.15) is 0 Å². The van der Waals surface area contributed by atoms with E-state index in [9.17, 15) is 4.79 Å². The summed E-state index contributed by atoms with van der Waals surface area (Å²) in [5.74, 6) is 2.37. The van der Waals surface area contributed by atoms with E-state index in [0.717, 1.165) is 29.0 Å². The fraction of sp³-hybridized carbons (Fsp3) is 0.606. The van der Waals surface area contributed by atoms with Crippen LogP contribution in [0.4, 0.5) is 0 Å². The minimum Gasteiger partial charge on any atom is -0.494 e. The van der Waals surface area contributed by atoms with Crippen molar-refractivity contribution in [1.82, 2.24) is 0 Å². The molecule has 0 amide bonds. The Bertz CT molecular complexity index is 923. The molecule has 1 aromatic rings. The highest BCUT2D eigenvalue weighted by Gasteiger charge is 2.21. The van der Waals surface area contributed by atoms with Crippen molar-refractivity contribution in [2.24, 2.45) is 11.8 Å². The number of rotatable bonds is 16. The summed E-state index contributed by atoms with van der Waals surface area (Å²) >= 11 is 3.59. The van der Waals surface area contributed by atoms with Gasteiger partial charge in [-0.05, 0) is 108 Å². The molecular formula is C33H47BrO4. The Hall–Kier alpha value is -2.01. The van der Waals surface area contributed by atoms with Gasteiger partial charge in [0.1, 0.15) is 5.75 Å². The zero-order valence-electron chi connectivity index (χ0n) is 23.5. The first-order valence-corrected chi connectivity index (χ1v) is 15.8. The molecule has 0 unspecified atom stereocenters. The van der Waals surface area contributed by atoms with Crippen LogP contribution >= 0.6 is 15.9 Å². The molecule has 0 atom stereocenters. The van der Waals surface area contributed by atoms with Crippen molar-refractivity contribution in [3.8, 4) is 5.75 Å². The minimum atomic E-state index is -0.522. The minimum absolute atomic E-state index is 0.430. The largest absolute Gasteiger partial charge is 0.494 e. The first kappa shape index (κ1) is 30.5. The summed E-state index contributed by atoms with van der Waals surface area (Å²) in [7, 11) is 0. The molecule has 0 aliphatic heterocycles. The van der Waals surface area contributed by atoms with Crippen molar-refractivity contribution < 1.29 is 19.3 Å². The molecule has 0 spiro atoms. The molecule has 0 aromatic heterocycles. The van der Waals surface area contributed by atoms with Gasteiger partial charge in [0.05, 0.1) is 16.7 Å². The number of unbranched alkanes of at least 4 members (excludes halogenated alkanes) is 7. The summed E-state index contributed by atoms with van der Waals surface area (Å²) in [4.78, 5) is 23.0. The highest BCUT2D eigenvalue weighted by atomic mass is 79.9. The smallest absolute Gasteiger partial charge is 0.386 e. The van der Waals surface area contributed by atoms with E-state index in [-0.39, 0.29) is 0 Å². The Morgan fingerprint density at radius 2 is 1.61 bits per heavy atom. The molecule has 2 aliphatic carbocycles. The highest BCUT2D eigenvalue weighted by Crippen LogP contribution is 2.35. The predicted octanol–water partition coefficient (Wildman–Crippen LogP) is 10.4. The van der Waals surface area contributed by atoms with Crippen LogP contribution in [-0.2, 0) is 9.78 Å². The number of carbonyl (C=O) groups excluding carboxylic acids is 1. The van der Waals surface area contributed by atoms with Crippen molar-refractivity contribution >= 4 is 21.9 Å². The van der Waals surface area contributed by atoms with Gasteiger partial charge in [0, 0.05) is 0 Å². The van der Waals surface area contributed by atoms with Crippen LogP contribution in [0.1, 0.15) is 121 Å². The molecule has 3 rings (SSSR count). The molecular weight excluding hydrogens is 540 g/mol. The summed E-state index contributed by atoms with van der Waals surface area (Å²) in [6.45, 7) is 5.21. The second kappa shape index (κ2) is 17.6. The van der Waals surface area contributed by atoms with Gasteiger partial charge in [-0.25, -0.2) is 9.68 Å². The fourth-order valence-electron chi connectivity index (χ4n) is 5.31.